The molecule has 0 radical (unpaired) electrons. The molecule has 2 aromatic carbocycles. The summed E-state index contributed by atoms with van der Waals surface area (Å²) in [6, 6.07) is 15.1. The Hall–Kier alpha value is -2.88. The third-order valence-corrected chi connectivity index (χ3v) is 4.78. The van der Waals surface area contributed by atoms with Gasteiger partial charge < -0.3 is 9.64 Å². The number of amides is 1. The fourth-order valence-corrected chi connectivity index (χ4v) is 3.05. The van der Waals surface area contributed by atoms with Crippen molar-refractivity contribution in [2.45, 2.75) is 26.2 Å². The number of hydrogen-bond donors (Lipinski definition) is 0. The number of rotatable bonds is 7. The Morgan fingerprint density at radius 3 is 2.30 bits per heavy atom. The molecule has 1 aliphatic heterocycles. The molecule has 1 heterocycles. The van der Waals surface area contributed by atoms with Gasteiger partial charge in [-0.2, -0.15) is 0 Å². The van der Waals surface area contributed by atoms with E-state index in [1.807, 2.05) is 23.1 Å². The van der Waals surface area contributed by atoms with Crippen LogP contribution in [0.3, 0.4) is 0 Å². The zero-order chi connectivity index (χ0) is 19.1. The van der Waals surface area contributed by atoms with Gasteiger partial charge in [0.25, 0.3) is 5.91 Å². The molecule has 2 aromatic rings. The highest BCUT2D eigenvalue weighted by atomic mass is 16.5. The van der Waals surface area contributed by atoms with Gasteiger partial charge in [-0.1, -0.05) is 37.3 Å². The highest BCUT2D eigenvalue weighted by Gasteiger charge is 2.18. The molecule has 0 saturated carbocycles. The maximum Gasteiger partial charge on any atom is 0.260 e. The molecule has 0 aliphatic carbocycles. The lowest BCUT2D eigenvalue weighted by molar-refractivity contribution is -0.132. The molecule has 0 atom stereocenters. The number of ether oxygens (including phenoxy) is 1. The van der Waals surface area contributed by atoms with Gasteiger partial charge in [-0.15, -0.1) is 0 Å². The van der Waals surface area contributed by atoms with Gasteiger partial charge in [-0.05, 0) is 60.7 Å². The molecular formula is C23H25NO3. The molecule has 0 aromatic heterocycles. The average molecular weight is 363 g/mol. The highest BCUT2D eigenvalue weighted by Crippen LogP contribution is 2.15. The van der Waals surface area contributed by atoms with E-state index in [1.54, 1.807) is 30.3 Å². The zero-order valence-corrected chi connectivity index (χ0v) is 15.7. The Bertz CT molecular complexity index is 801. The second-order valence-electron chi connectivity index (χ2n) is 6.69. The van der Waals surface area contributed by atoms with Crippen LogP contribution in [0.25, 0.3) is 6.08 Å². The molecule has 3 rings (SSSR count). The minimum atomic E-state index is -0.0609. The maximum absolute atomic E-state index is 12.3. The number of allylic oxidation sites excluding steroid dienone is 1. The van der Waals surface area contributed by atoms with Gasteiger partial charge >= 0.3 is 0 Å². The van der Waals surface area contributed by atoms with Crippen molar-refractivity contribution in [1.82, 2.24) is 4.90 Å². The first-order valence-corrected chi connectivity index (χ1v) is 9.47. The SMILES string of the molecule is CCc1ccc(/C=C/C(=O)c2ccc(OCC(=O)N3CCCC3)cc2)cc1. The quantitative estimate of drug-likeness (QED) is 0.548. The Morgan fingerprint density at radius 1 is 1.00 bits per heavy atom. The summed E-state index contributed by atoms with van der Waals surface area (Å²) in [7, 11) is 0. The van der Waals surface area contributed by atoms with Crippen molar-refractivity contribution >= 4 is 17.8 Å². The molecule has 27 heavy (non-hydrogen) atoms. The summed E-state index contributed by atoms with van der Waals surface area (Å²) in [4.78, 5) is 26.1. The van der Waals surface area contributed by atoms with Crippen LogP contribution in [0.4, 0.5) is 0 Å². The second kappa shape index (κ2) is 9.17. The first-order valence-electron chi connectivity index (χ1n) is 9.47. The predicted octanol–water partition coefficient (Wildman–Crippen LogP) is 4.15. The van der Waals surface area contributed by atoms with Crippen molar-refractivity contribution in [3.63, 3.8) is 0 Å². The lowest BCUT2D eigenvalue weighted by Gasteiger charge is -2.15. The number of likely N-dealkylation sites (tertiary alicyclic amines) is 1. The standard InChI is InChI=1S/C23H25NO3/c1-2-18-5-7-19(8-6-18)9-14-22(25)20-10-12-21(13-11-20)27-17-23(26)24-15-3-4-16-24/h5-14H,2-4,15-17H2,1H3/b14-9+. The third-order valence-electron chi connectivity index (χ3n) is 4.78. The summed E-state index contributed by atoms with van der Waals surface area (Å²) >= 11 is 0. The van der Waals surface area contributed by atoms with Crippen LogP contribution in [0.2, 0.25) is 0 Å². The van der Waals surface area contributed by atoms with Crippen molar-refractivity contribution in [2.24, 2.45) is 0 Å². The minimum absolute atomic E-state index is 0.0182. The monoisotopic (exact) mass is 363 g/mol. The number of carbonyl (C=O) groups is 2. The Morgan fingerprint density at radius 2 is 1.67 bits per heavy atom. The molecule has 1 saturated heterocycles. The number of aryl methyl sites for hydroxylation is 1. The summed E-state index contributed by atoms with van der Waals surface area (Å²) in [6.07, 6.45) is 6.53. The normalized spacial score (nSPS) is 13.9. The van der Waals surface area contributed by atoms with Gasteiger partial charge in [0, 0.05) is 18.7 Å². The van der Waals surface area contributed by atoms with Gasteiger partial charge in [-0.3, -0.25) is 9.59 Å². The number of ketones is 1. The van der Waals surface area contributed by atoms with Crippen molar-refractivity contribution < 1.29 is 14.3 Å². The number of benzene rings is 2. The molecule has 4 nitrogen and oxygen atoms in total. The number of carbonyl (C=O) groups excluding carboxylic acids is 2. The molecule has 0 N–H and O–H groups in total. The van der Waals surface area contributed by atoms with Crippen LogP contribution in [0.5, 0.6) is 5.75 Å². The zero-order valence-electron chi connectivity index (χ0n) is 15.7. The number of nitrogens with zero attached hydrogens (tertiary/aromatic N) is 1. The van der Waals surface area contributed by atoms with E-state index >= 15 is 0 Å². The van der Waals surface area contributed by atoms with Crippen LogP contribution >= 0.6 is 0 Å². The third kappa shape index (κ3) is 5.30. The minimum Gasteiger partial charge on any atom is -0.484 e. The van der Waals surface area contributed by atoms with Crippen molar-refractivity contribution in [3.05, 3.63) is 71.3 Å². The lowest BCUT2D eigenvalue weighted by atomic mass is 10.1. The molecule has 1 amide bonds. The van der Waals surface area contributed by atoms with Gasteiger partial charge in [0.05, 0.1) is 0 Å². The fraction of sp³-hybridized carbons (Fsp3) is 0.304. The second-order valence-corrected chi connectivity index (χ2v) is 6.69. The van der Waals surface area contributed by atoms with Gasteiger partial charge in [0.15, 0.2) is 12.4 Å². The van der Waals surface area contributed by atoms with E-state index in [-0.39, 0.29) is 18.3 Å². The maximum atomic E-state index is 12.3. The molecule has 140 valence electrons. The Labute approximate surface area is 160 Å². The summed E-state index contributed by atoms with van der Waals surface area (Å²) in [6.45, 7) is 3.80. The lowest BCUT2D eigenvalue weighted by Crippen LogP contribution is -2.32. The molecule has 0 bridgehead atoms. The molecule has 0 unspecified atom stereocenters. The van der Waals surface area contributed by atoms with Crippen molar-refractivity contribution in [2.75, 3.05) is 19.7 Å². The number of hydrogen-bond acceptors (Lipinski definition) is 3. The van der Waals surface area contributed by atoms with E-state index in [9.17, 15) is 9.59 Å². The van der Waals surface area contributed by atoms with Crippen LogP contribution in [0.15, 0.2) is 54.6 Å². The summed E-state index contributed by atoms with van der Waals surface area (Å²) in [5, 5.41) is 0. The first kappa shape index (κ1) is 18.9. The van der Waals surface area contributed by atoms with E-state index in [0.717, 1.165) is 37.9 Å². The van der Waals surface area contributed by atoms with Crippen molar-refractivity contribution in [1.29, 1.82) is 0 Å². The molecular weight excluding hydrogens is 338 g/mol. The largest absolute Gasteiger partial charge is 0.484 e. The van der Waals surface area contributed by atoms with Crippen LogP contribution < -0.4 is 4.74 Å². The van der Waals surface area contributed by atoms with Crippen LogP contribution in [-0.4, -0.2) is 36.3 Å². The van der Waals surface area contributed by atoms with Crippen molar-refractivity contribution in [3.8, 4) is 5.75 Å². The molecule has 1 fully saturated rings. The topological polar surface area (TPSA) is 46.6 Å². The van der Waals surface area contributed by atoms with Crippen LogP contribution in [0.1, 0.15) is 41.3 Å². The first-order chi connectivity index (χ1) is 13.2. The fourth-order valence-electron chi connectivity index (χ4n) is 3.05. The average Bonchev–Trinajstić information content (AvgIpc) is 3.26. The Balaban J connectivity index is 1.53. The van der Waals surface area contributed by atoms with Crippen LogP contribution in [0, 0.1) is 0 Å². The highest BCUT2D eigenvalue weighted by molar-refractivity contribution is 6.06. The molecule has 0 spiro atoms. The Kier molecular flexibility index (Phi) is 6.42. The van der Waals surface area contributed by atoms with Gasteiger partial charge in [0.1, 0.15) is 5.75 Å². The summed E-state index contributed by atoms with van der Waals surface area (Å²) in [5.41, 5.74) is 2.87. The molecule has 1 aliphatic rings. The van der Waals surface area contributed by atoms with E-state index in [2.05, 4.69) is 19.1 Å². The summed E-state index contributed by atoms with van der Waals surface area (Å²) in [5.74, 6) is 0.553. The van der Waals surface area contributed by atoms with Gasteiger partial charge in [-0.25, -0.2) is 0 Å². The van der Waals surface area contributed by atoms with Crippen LogP contribution in [-0.2, 0) is 11.2 Å². The smallest absolute Gasteiger partial charge is 0.260 e. The predicted molar refractivity (Wildman–Crippen MR) is 107 cm³/mol. The van der Waals surface area contributed by atoms with Gasteiger partial charge in [0.2, 0.25) is 0 Å². The molecule has 4 heteroatoms. The summed E-state index contributed by atoms with van der Waals surface area (Å²) < 4.78 is 5.55. The van der Waals surface area contributed by atoms with E-state index < -0.39 is 0 Å². The van der Waals surface area contributed by atoms with E-state index in [0.29, 0.717) is 11.3 Å². The van der Waals surface area contributed by atoms with E-state index in [1.165, 1.54) is 5.56 Å². The van der Waals surface area contributed by atoms with E-state index in [4.69, 9.17) is 4.74 Å².